The van der Waals surface area contributed by atoms with Crippen molar-refractivity contribution in [1.29, 1.82) is 0 Å². The Morgan fingerprint density at radius 3 is 3.00 bits per heavy atom. The minimum atomic E-state index is -0.629. The third-order valence-corrected chi connectivity index (χ3v) is 1.12. The molecule has 1 radical (unpaired) electrons. The molecule has 0 unspecified atom stereocenters. The highest BCUT2D eigenvalue weighted by molar-refractivity contribution is 5.95. The Hall–Kier alpha value is -1.52. The van der Waals surface area contributed by atoms with Gasteiger partial charge in [0, 0.05) is 6.54 Å². The van der Waals surface area contributed by atoms with Crippen LogP contribution >= 0.6 is 0 Å². The van der Waals surface area contributed by atoms with Crippen LogP contribution in [0.4, 0.5) is 0 Å². The summed E-state index contributed by atoms with van der Waals surface area (Å²) in [5.41, 5.74) is -0.0492. The summed E-state index contributed by atoms with van der Waals surface area (Å²) < 4.78 is 4.29. The van der Waals surface area contributed by atoms with Crippen LogP contribution in [0.25, 0.3) is 0 Å². The number of hydrogen-bond acceptors (Lipinski definition) is 3. The molecular weight excluding hydrogens is 148 g/mol. The van der Waals surface area contributed by atoms with Crippen LogP contribution in [0.3, 0.4) is 0 Å². The fraction of sp³-hybridized carbons (Fsp3) is 0.333. The maximum Gasteiger partial charge on any atom is 0.321 e. The molecule has 0 spiro atoms. The van der Waals surface area contributed by atoms with Gasteiger partial charge in [-0.15, -0.1) is 0 Å². The second-order valence-electron chi connectivity index (χ2n) is 1.89. The number of carbonyl (C=O) groups excluding carboxylic acids is 1. The van der Waals surface area contributed by atoms with E-state index in [1.54, 1.807) is 6.92 Å². The number of hydrogen-bond donors (Lipinski definition) is 1. The van der Waals surface area contributed by atoms with Crippen molar-refractivity contribution in [2.45, 2.75) is 6.92 Å². The minimum Gasteiger partial charge on any atom is -0.360 e. The van der Waals surface area contributed by atoms with E-state index >= 15 is 0 Å². The molecule has 5 nitrogen and oxygen atoms in total. The molecular formula is C6H7N2O3. The molecule has 0 aliphatic rings. The van der Waals surface area contributed by atoms with E-state index in [1.165, 1.54) is 0 Å². The highest BCUT2D eigenvalue weighted by Gasteiger charge is 2.15. The smallest absolute Gasteiger partial charge is 0.321 e. The van der Waals surface area contributed by atoms with Crippen molar-refractivity contribution in [3.63, 3.8) is 0 Å². The average Bonchev–Trinajstić information content (AvgIpc) is 2.36. The number of rotatable bonds is 2. The van der Waals surface area contributed by atoms with Crippen molar-refractivity contribution in [3.8, 4) is 5.88 Å². The van der Waals surface area contributed by atoms with Crippen molar-refractivity contribution in [2.75, 3.05) is 6.54 Å². The van der Waals surface area contributed by atoms with Gasteiger partial charge >= 0.3 is 5.88 Å². The van der Waals surface area contributed by atoms with E-state index in [0.29, 0.717) is 6.54 Å². The van der Waals surface area contributed by atoms with Gasteiger partial charge in [0.25, 0.3) is 5.91 Å². The zero-order chi connectivity index (χ0) is 8.27. The lowest BCUT2D eigenvalue weighted by Crippen LogP contribution is -2.22. The topological polar surface area (TPSA) is 75.0 Å². The van der Waals surface area contributed by atoms with Gasteiger partial charge in [0.15, 0.2) is 0 Å². The number of nitrogens with one attached hydrogen (secondary N) is 1. The summed E-state index contributed by atoms with van der Waals surface area (Å²) in [4.78, 5) is 10.9. The SMILES string of the molecule is CCNC(=O)c1conc1[O]. The molecule has 1 aromatic rings. The molecule has 0 aromatic carbocycles. The zero-order valence-corrected chi connectivity index (χ0v) is 5.96. The Bertz CT molecular complexity index is 256. The standard InChI is InChI=1S/C6H7N2O3/c1-2-7-5(9)4-3-11-8-6(4)10/h3H,2H2,1H3,(H,7,9). The van der Waals surface area contributed by atoms with Crippen LogP contribution in [-0.4, -0.2) is 17.6 Å². The maximum atomic E-state index is 10.9. The number of nitrogens with zero attached hydrogens (tertiary/aromatic N) is 1. The molecule has 1 N–H and O–H groups in total. The van der Waals surface area contributed by atoms with Crippen LogP contribution < -0.4 is 5.32 Å². The van der Waals surface area contributed by atoms with E-state index in [-0.39, 0.29) is 5.56 Å². The minimum absolute atomic E-state index is 0.0492. The fourth-order valence-corrected chi connectivity index (χ4v) is 0.633. The van der Waals surface area contributed by atoms with Gasteiger partial charge in [-0.05, 0) is 12.1 Å². The average molecular weight is 155 g/mol. The summed E-state index contributed by atoms with van der Waals surface area (Å²) in [5, 5.41) is 16.1. The molecule has 59 valence electrons. The second-order valence-corrected chi connectivity index (χ2v) is 1.89. The Kier molecular flexibility index (Phi) is 2.10. The van der Waals surface area contributed by atoms with Crippen LogP contribution in [0.1, 0.15) is 17.3 Å². The lowest BCUT2D eigenvalue weighted by molar-refractivity contribution is 0.0951. The van der Waals surface area contributed by atoms with Gasteiger partial charge in [-0.1, -0.05) is 0 Å². The molecule has 0 saturated carbocycles. The van der Waals surface area contributed by atoms with Crippen LogP contribution in [0, 0.1) is 0 Å². The fourth-order valence-electron chi connectivity index (χ4n) is 0.633. The molecule has 0 aliphatic carbocycles. The van der Waals surface area contributed by atoms with Gasteiger partial charge in [0.2, 0.25) is 0 Å². The molecule has 0 saturated heterocycles. The molecule has 0 atom stereocenters. The van der Waals surface area contributed by atoms with Crippen molar-refractivity contribution in [2.24, 2.45) is 0 Å². The molecule has 1 rings (SSSR count). The summed E-state index contributed by atoms with van der Waals surface area (Å²) in [7, 11) is 0. The Labute approximate surface area is 63.0 Å². The van der Waals surface area contributed by atoms with Crippen LogP contribution in [0.15, 0.2) is 10.8 Å². The van der Waals surface area contributed by atoms with Crippen LogP contribution in [-0.2, 0) is 5.11 Å². The molecule has 1 aromatic heterocycles. The quantitative estimate of drug-likeness (QED) is 0.678. The summed E-state index contributed by atoms with van der Waals surface area (Å²) in [5.74, 6) is -1.07. The molecule has 1 heterocycles. The third kappa shape index (κ3) is 1.49. The summed E-state index contributed by atoms with van der Waals surface area (Å²) in [6, 6.07) is 0. The lowest BCUT2D eigenvalue weighted by Gasteiger charge is -1.95. The first kappa shape index (κ1) is 7.59. The van der Waals surface area contributed by atoms with E-state index in [1.807, 2.05) is 0 Å². The van der Waals surface area contributed by atoms with Crippen molar-refractivity contribution in [1.82, 2.24) is 10.5 Å². The van der Waals surface area contributed by atoms with Crippen LogP contribution in [0.2, 0.25) is 0 Å². The maximum absolute atomic E-state index is 10.9. The van der Waals surface area contributed by atoms with Gasteiger partial charge in [-0.3, -0.25) is 9.90 Å². The Morgan fingerprint density at radius 1 is 1.82 bits per heavy atom. The Morgan fingerprint density at radius 2 is 2.55 bits per heavy atom. The van der Waals surface area contributed by atoms with Gasteiger partial charge < -0.3 is 9.84 Å². The van der Waals surface area contributed by atoms with Crippen LogP contribution in [0.5, 0.6) is 5.88 Å². The molecule has 1 amide bonds. The first-order valence-electron chi connectivity index (χ1n) is 3.15. The monoisotopic (exact) mass is 155 g/mol. The largest absolute Gasteiger partial charge is 0.360 e. The first-order chi connectivity index (χ1) is 5.25. The highest BCUT2D eigenvalue weighted by atomic mass is 16.5. The van der Waals surface area contributed by atoms with E-state index in [0.717, 1.165) is 6.26 Å². The zero-order valence-electron chi connectivity index (χ0n) is 5.96. The van der Waals surface area contributed by atoms with Gasteiger partial charge in [-0.2, -0.15) is 0 Å². The summed E-state index contributed by atoms with van der Waals surface area (Å²) in [6.45, 7) is 2.24. The third-order valence-electron chi connectivity index (χ3n) is 1.12. The highest BCUT2D eigenvalue weighted by Crippen LogP contribution is 2.13. The van der Waals surface area contributed by atoms with Crippen molar-refractivity contribution >= 4 is 5.91 Å². The van der Waals surface area contributed by atoms with Gasteiger partial charge in [-0.25, -0.2) is 0 Å². The van der Waals surface area contributed by atoms with Gasteiger partial charge in [0.05, 0.1) is 0 Å². The molecule has 5 heteroatoms. The first-order valence-corrected chi connectivity index (χ1v) is 3.15. The molecule has 0 bridgehead atoms. The van der Waals surface area contributed by atoms with Crippen molar-refractivity contribution < 1.29 is 14.4 Å². The predicted molar refractivity (Wildman–Crippen MR) is 34.6 cm³/mol. The summed E-state index contributed by atoms with van der Waals surface area (Å²) in [6.07, 6.45) is 1.04. The number of carbonyl (C=O) groups is 1. The lowest BCUT2D eigenvalue weighted by atomic mass is 10.3. The molecule has 0 fully saturated rings. The normalized spacial score (nSPS) is 9.55. The number of aromatic nitrogens is 1. The van der Waals surface area contributed by atoms with Crippen molar-refractivity contribution in [3.05, 3.63) is 11.8 Å². The Balaban J connectivity index is 2.76. The van der Waals surface area contributed by atoms with E-state index in [2.05, 4.69) is 15.0 Å². The van der Waals surface area contributed by atoms with E-state index in [4.69, 9.17) is 0 Å². The predicted octanol–water partition coefficient (Wildman–Crippen LogP) is 0.568. The summed E-state index contributed by atoms with van der Waals surface area (Å²) >= 11 is 0. The molecule has 0 aliphatic heterocycles. The van der Waals surface area contributed by atoms with E-state index in [9.17, 15) is 9.90 Å². The molecule has 11 heavy (non-hydrogen) atoms. The van der Waals surface area contributed by atoms with Gasteiger partial charge in [0.1, 0.15) is 11.8 Å². The second kappa shape index (κ2) is 3.05. The number of amides is 1. The van der Waals surface area contributed by atoms with E-state index < -0.39 is 11.8 Å².